The summed E-state index contributed by atoms with van der Waals surface area (Å²) in [5, 5.41) is 35.4. The number of carboxylic acids is 1. The second kappa shape index (κ2) is 14.3. The Hall–Kier alpha value is -3.18. The van der Waals surface area contributed by atoms with Crippen molar-refractivity contribution >= 4 is 23.7 Å². The van der Waals surface area contributed by atoms with Crippen molar-refractivity contribution in [3.63, 3.8) is 0 Å². The maximum Gasteiger partial charge on any atom is 0.328 e. The fraction of sp³-hybridized carbons (Fsp3) is 0.583. The third kappa shape index (κ3) is 9.91. The van der Waals surface area contributed by atoms with Gasteiger partial charge in [0, 0.05) is 6.42 Å². The molecule has 0 aromatic heterocycles. The van der Waals surface area contributed by atoms with E-state index in [2.05, 4.69) is 16.0 Å². The summed E-state index contributed by atoms with van der Waals surface area (Å²) in [7, 11) is 0. The number of phenolic OH excluding ortho intramolecular Hbond substituents is 1. The van der Waals surface area contributed by atoms with Crippen molar-refractivity contribution in [3.8, 4) is 5.75 Å². The summed E-state index contributed by atoms with van der Waals surface area (Å²) < 4.78 is 0. The molecule has 0 radical (unpaired) electrons. The number of nitrogens with one attached hydrogen (secondary N) is 3. The summed E-state index contributed by atoms with van der Waals surface area (Å²) in [4.78, 5) is 49.9. The van der Waals surface area contributed by atoms with E-state index in [1.54, 1.807) is 26.0 Å². The molecule has 0 saturated heterocycles. The van der Waals surface area contributed by atoms with Gasteiger partial charge in [0.1, 0.15) is 23.9 Å². The van der Waals surface area contributed by atoms with Crippen LogP contribution in [0.15, 0.2) is 24.3 Å². The van der Waals surface area contributed by atoms with Gasteiger partial charge in [-0.2, -0.15) is 0 Å². The Morgan fingerprint density at radius 2 is 1.49 bits per heavy atom. The smallest absolute Gasteiger partial charge is 0.328 e. The first-order valence-corrected chi connectivity index (χ1v) is 11.7. The molecule has 3 amide bonds. The molecule has 0 heterocycles. The molecule has 5 unspecified atom stereocenters. The molecule has 8 N–H and O–H groups in total. The largest absolute Gasteiger partial charge is 0.508 e. The van der Waals surface area contributed by atoms with Crippen molar-refractivity contribution in [2.75, 3.05) is 6.61 Å². The predicted octanol–water partition coefficient (Wildman–Crippen LogP) is -0.114. The number of aliphatic carboxylic acids is 1. The lowest BCUT2D eigenvalue weighted by atomic mass is 9.96. The molecular weight excluding hydrogens is 456 g/mol. The highest BCUT2D eigenvalue weighted by Gasteiger charge is 2.32. The van der Waals surface area contributed by atoms with Crippen LogP contribution in [0.3, 0.4) is 0 Å². The summed E-state index contributed by atoms with van der Waals surface area (Å²) in [6.07, 6.45) is 0.966. The van der Waals surface area contributed by atoms with Gasteiger partial charge in [-0.3, -0.25) is 14.4 Å². The van der Waals surface area contributed by atoms with E-state index in [-0.39, 0.29) is 24.0 Å². The predicted molar refractivity (Wildman–Crippen MR) is 129 cm³/mol. The van der Waals surface area contributed by atoms with Crippen LogP contribution >= 0.6 is 0 Å². The number of nitrogens with two attached hydrogens (primary N) is 1. The van der Waals surface area contributed by atoms with Crippen LogP contribution in [0.25, 0.3) is 0 Å². The van der Waals surface area contributed by atoms with Crippen molar-refractivity contribution in [2.24, 2.45) is 17.6 Å². The SMILES string of the molecule is CCC(C)C(NC(=O)C(Cc1ccc(O)cc1)NC(=O)C(N)CC(C)C)C(=O)NC(CO)C(=O)O. The van der Waals surface area contributed by atoms with Gasteiger partial charge in [0.2, 0.25) is 17.7 Å². The number of aromatic hydroxyl groups is 1. The molecule has 0 aliphatic rings. The van der Waals surface area contributed by atoms with E-state index in [4.69, 9.17) is 10.8 Å². The lowest BCUT2D eigenvalue weighted by Crippen LogP contribution is -2.59. The molecular formula is C24H38N4O7. The molecule has 0 aliphatic carbocycles. The zero-order valence-corrected chi connectivity index (χ0v) is 20.7. The molecule has 1 rings (SSSR count). The van der Waals surface area contributed by atoms with Crippen molar-refractivity contribution in [3.05, 3.63) is 29.8 Å². The molecule has 0 aliphatic heterocycles. The first kappa shape index (κ1) is 29.9. The number of carboxylic acid groups (broad SMARTS) is 1. The number of benzene rings is 1. The highest BCUT2D eigenvalue weighted by atomic mass is 16.4. The standard InChI is InChI=1S/C24H38N4O7/c1-5-14(4)20(23(33)27-19(12-29)24(34)35)28-22(32)18(11-15-6-8-16(30)9-7-15)26-21(31)17(25)10-13(2)3/h6-9,13-14,17-20,29-30H,5,10-12,25H2,1-4H3,(H,26,31)(H,27,33)(H,28,32)(H,34,35). The van der Waals surface area contributed by atoms with Gasteiger partial charge in [0.25, 0.3) is 0 Å². The van der Waals surface area contributed by atoms with E-state index in [1.807, 2.05) is 13.8 Å². The van der Waals surface area contributed by atoms with Gasteiger partial charge < -0.3 is 37.0 Å². The van der Waals surface area contributed by atoms with Gasteiger partial charge >= 0.3 is 5.97 Å². The summed E-state index contributed by atoms with van der Waals surface area (Å²) in [6.45, 7) is 6.54. The van der Waals surface area contributed by atoms with Crippen LogP contribution in [-0.4, -0.2) is 69.8 Å². The van der Waals surface area contributed by atoms with Gasteiger partial charge in [0.05, 0.1) is 12.6 Å². The van der Waals surface area contributed by atoms with Crippen LogP contribution in [0.1, 0.15) is 46.1 Å². The van der Waals surface area contributed by atoms with E-state index in [9.17, 15) is 29.4 Å². The van der Waals surface area contributed by atoms with Crippen LogP contribution in [0, 0.1) is 11.8 Å². The van der Waals surface area contributed by atoms with Crippen LogP contribution in [0.2, 0.25) is 0 Å². The second-order valence-electron chi connectivity index (χ2n) is 9.12. The van der Waals surface area contributed by atoms with Gasteiger partial charge in [-0.15, -0.1) is 0 Å². The molecule has 0 bridgehead atoms. The van der Waals surface area contributed by atoms with Crippen LogP contribution in [-0.2, 0) is 25.6 Å². The minimum Gasteiger partial charge on any atom is -0.508 e. The average molecular weight is 495 g/mol. The van der Waals surface area contributed by atoms with Gasteiger partial charge in [-0.25, -0.2) is 4.79 Å². The third-order valence-corrected chi connectivity index (χ3v) is 5.66. The molecule has 11 heteroatoms. The Labute approximate surface area is 205 Å². The molecule has 1 aromatic rings. The summed E-state index contributed by atoms with van der Waals surface area (Å²) in [5.74, 6) is -3.52. The van der Waals surface area contributed by atoms with Crippen LogP contribution < -0.4 is 21.7 Å². The lowest BCUT2D eigenvalue weighted by Gasteiger charge is -2.28. The van der Waals surface area contributed by atoms with Crippen LogP contribution in [0.5, 0.6) is 5.75 Å². The van der Waals surface area contributed by atoms with Crippen molar-refractivity contribution in [1.29, 1.82) is 0 Å². The molecule has 11 nitrogen and oxygen atoms in total. The number of carbonyl (C=O) groups excluding carboxylic acids is 3. The highest BCUT2D eigenvalue weighted by molar-refractivity contribution is 5.94. The minimum atomic E-state index is -1.52. The molecule has 196 valence electrons. The zero-order valence-electron chi connectivity index (χ0n) is 20.7. The van der Waals surface area contributed by atoms with E-state index in [0.717, 1.165) is 0 Å². The van der Waals surface area contributed by atoms with Crippen LogP contribution in [0.4, 0.5) is 0 Å². The Morgan fingerprint density at radius 1 is 0.914 bits per heavy atom. The molecule has 1 aromatic carbocycles. The monoisotopic (exact) mass is 494 g/mol. The highest BCUT2D eigenvalue weighted by Crippen LogP contribution is 2.14. The van der Waals surface area contributed by atoms with Crippen molar-refractivity contribution in [1.82, 2.24) is 16.0 Å². The third-order valence-electron chi connectivity index (χ3n) is 5.66. The van der Waals surface area contributed by atoms with Crippen molar-refractivity contribution in [2.45, 2.75) is 71.1 Å². The Bertz CT molecular complexity index is 860. The Kier molecular flexibility index (Phi) is 12.2. The maximum atomic E-state index is 13.3. The van der Waals surface area contributed by atoms with Gasteiger partial charge in [-0.1, -0.05) is 46.2 Å². The second-order valence-corrected chi connectivity index (χ2v) is 9.12. The topological polar surface area (TPSA) is 191 Å². The van der Waals surface area contributed by atoms with E-state index >= 15 is 0 Å². The first-order valence-electron chi connectivity index (χ1n) is 11.7. The number of phenols is 1. The number of aliphatic hydroxyl groups excluding tert-OH is 1. The summed E-state index contributed by atoms with van der Waals surface area (Å²) in [5.41, 5.74) is 6.63. The first-order chi connectivity index (χ1) is 16.4. The van der Waals surface area contributed by atoms with Gasteiger partial charge in [0.15, 0.2) is 0 Å². The Morgan fingerprint density at radius 3 is 1.97 bits per heavy atom. The average Bonchev–Trinajstić information content (AvgIpc) is 2.80. The number of amides is 3. The molecule has 35 heavy (non-hydrogen) atoms. The molecule has 0 fully saturated rings. The molecule has 0 saturated carbocycles. The fourth-order valence-electron chi connectivity index (χ4n) is 3.37. The quantitative estimate of drug-likeness (QED) is 0.186. The van der Waals surface area contributed by atoms with Gasteiger partial charge in [-0.05, 0) is 36.0 Å². The number of carbonyl (C=O) groups is 4. The number of hydrogen-bond donors (Lipinski definition) is 7. The van der Waals surface area contributed by atoms with E-state index in [0.29, 0.717) is 18.4 Å². The Balaban J connectivity index is 3.14. The zero-order chi connectivity index (χ0) is 26.7. The molecule has 5 atom stereocenters. The molecule has 0 spiro atoms. The maximum absolute atomic E-state index is 13.3. The number of hydrogen-bond acceptors (Lipinski definition) is 7. The number of rotatable bonds is 14. The van der Waals surface area contributed by atoms with E-state index in [1.165, 1.54) is 12.1 Å². The lowest BCUT2D eigenvalue weighted by molar-refractivity contribution is -0.143. The normalized spacial score (nSPS) is 15.4. The minimum absolute atomic E-state index is 0.0446. The fourth-order valence-corrected chi connectivity index (χ4v) is 3.37. The summed E-state index contributed by atoms with van der Waals surface area (Å²) >= 11 is 0. The number of aliphatic hydroxyl groups is 1. The van der Waals surface area contributed by atoms with Crippen molar-refractivity contribution < 1.29 is 34.5 Å². The van der Waals surface area contributed by atoms with E-state index < -0.39 is 54.5 Å². The summed E-state index contributed by atoms with van der Waals surface area (Å²) in [6, 6.07) is 1.56.